The second kappa shape index (κ2) is 15.0. The first-order valence-electron chi connectivity index (χ1n) is 14.6. The molecule has 4 aromatic rings. The molecule has 0 fully saturated rings. The second-order valence-electron chi connectivity index (χ2n) is 10.8. The number of hydrogen-bond donors (Lipinski definition) is 2. The van der Waals surface area contributed by atoms with E-state index < -0.39 is 21.2 Å². The van der Waals surface area contributed by atoms with Gasteiger partial charge in [0.25, 0.3) is 5.91 Å². The van der Waals surface area contributed by atoms with Crippen LogP contribution in [0.5, 0.6) is 0 Å². The van der Waals surface area contributed by atoms with Gasteiger partial charge in [0.15, 0.2) is 0 Å². The first kappa shape index (κ1) is 33.4. The van der Waals surface area contributed by atoms with Crippen LogP contribution in [0.4, 0.5) is 15.5 Å². The highest BCUT2D eigenvalue weighted by molar-refractivity contribution is 8.07. The number of sulfonamides is 1. The van der Waals surface area contributed by atoms with Gasteiger partial charge in [-0.3, -0.25) is 19.1 Å². The molecule has 0 saturated carbocycles. The smallest absolute Gasteiger partial charge is 0.357 e. The van der Waals surface area contributed by atoms with Crippen LogP contribution in [0, 0.1) is 5.92 Å². The van der Waals surface area contributed by atoms with E-state index in [1.807, 2.05) is 54.6 Å². The van der Waals surface area contributed by atoms with Gasteiger partial charge in [-0.2, -0.15) is 8.42 Å². The Morgan fingerprint density at radius 1 is 0.933 bits per heavy atom. The molecule has 11 heteroatoms. The van der Waals surface area contributed by atoms with Crippen LogP contribution in [-0.2, 0) is 38.9 Å². The van der Waals surface area contributed by atoms with Crippen LogP contribution in [0.25, 0.3) is 11.1 Å². The van der Waals surface area contributed by atoms with Crippen LogP contribution >= 0.6 is 11.3 Å². The maximum Gasteiger partial charge on any atom is 0.357 e. The first-order chi connectivity index (χ1) is 21.5. The number of amides is 2. The van der Waals surface area contributed by atoms with Crippen molar-refractivity contribution in [2.75, 3.05) is 23.3 Å². The maximum absolute atomic E-state index is 13.8. The van der Waals surface area contributed by atoms with Gasteiger partial charge in [-0.1, -0.05) is 74.5 Å². The van der Waals surface area contributed by atoms with Gasteiger partial charge in [0.2, 0.25) is 0 Å². The molecule has 0 unspecified atom stereocenters. The highest BCUT2D eigenvalue weighted by Crippen LogP contribution is 2.38. The van der Waals surface area contributed by atoms with E-state index in [0.717, 1.165) is 22.4 Å². The van der Waals surface area contributed by atoms with Crippen molar-refractivity contribution in [2.45, 2.75) is 40.2 Å². The largest absolute Gasteiger partial charge is 0.469 e. The van der Waals surface area contributed by atoms with E-state index in [0.29, 0.717) is 33.3 Å². The molecule has 1 heterocycles. The fraction of sp³-hybridized carbons (Fsp3) is 0.265. The predicted octanol–water partition coefficient (Wildman–Crippen LogP) is 6.65. The van der Waals surface area contributed by atoms with Crippen molar-refractivity contribution in [3.8, 4) is 11.1 Å². The number of carbonyl (C=O) groups is 3. The summed E-state index contributed by atoms with van der Waals surface area (Å²) in [6.07, 6.45) is 0.760. The van der Waals surface area contributed by atoms with Gasteiger partial charge in [0.1, 0.15) is 5.00 Å². The van der Waals surface area contributed by atoms with Gasteiger partial charge in [-0.15, -0.1) is 11.3 Å². The summed E-state index contributed by atoms with van der Waals surface area (Å²) in [6.45, 7) is 6.22. The lowest BCUT2D eigenvalue weighted by Crippen LogP contribution is -2.33. The van der Waals surface area contributed by atoms with Gasteiger partial charge in [0, 0.05) is 28.2 Å². The number of anilines is 2. The molecule has 0 atom stereocenters. The molecule has 0 spiro atoms. The molecule has 0 aliphatic carbocycles. The molecular weight excluding hydrogens is 611 g/mol. The lowest BCUT2D eigenvalue weighted by atomic mass is 10.0. The van der Waals surface area contributed by atoms with Gasteiger partial charge in [0.05, 0.1) is 20.1 Å². The summed E-state index contributed by atoms with van der Waals surface area (Å²) in [7, 11) is -2.96. The second-order valence-corrected chi connectivity index (χ2v) is 13.5. The summed E-state index contributed by atoms with van der Waals surface area (Å²) in [6, 6.07) is 25.6. The highest BCUT2D eigenvalue weighted by Gasteiger charge is 2.25. The fourth-order valence-electron chi connectivity index (χ4n) is 4.77. The third-order valence-electron chi connectivity index (χ3n) is 6.90. The molecule has 236 valence electrons. The summed E-state index contributed by atoms with van der Waals surface area (Å²) < 4.78 is 32.8. The molecule has 0 saturated heterocycles. The van der Waals surface area contributed by atoms with Crippen molar-refractivity contribution in [1.82, 2.24) is 5.32 Å². The van der Waals surface area contributed by atoms with Gasteiger partial charge < -0.3 is 15.0 Å². The van der Waals surface area contributed by atoms with Crippen LogP contribution in [0.3, 0.4) is 0 Å². The fourth-order valence-corrected chi connectivity index (χ4v) is 7.19. The van der Waals surface area contributed by atoms with Gasteiger partial charge in [-0.05, 0) is 60.2 Å². The maximum atomic E-state index is 13.8. The zero-order valence-electron chi connectivity index (χ0n) is 25.7. The Bertz CT molecular complexity index is 1750. The zero-order valence-corrected chi connectivity index (χ0v) is 27.3. The van der Waals surface area contributed by atoms with Crippen molar-refractivity contribution in [1.29, 1.82) is 0 Å². The molecule has 2 N–H and O–H groups in total. The highest BCUT2D eigenvalue weighted by atomic mass is 32.2. The van der Waals surface area contributed by atoms with Crippen molar-refractivity contribution in [3.63, 3.8) is 0 Å². The molecule has 0 aliphatic heterocycles. The zero-order chi connectivity index (χ0) is 32.6. The minimum atomic E-state index is -4.29. The number of nitrogens with one attached hydrogen (secondary N) is 2. The minimum Gasteiger partial charge on any atom is -0.469 e. The first-order valence-corrected chi connectivity index (χ1v) is 16.9. The monoisotopic (exact) mass is 647 g/mol. The average molecular weight is 648 g/mol. The van der Waals surface area contributed by atoms with E-state index in [1.54, 1.807) is 42.2 Å². The number of para-hydroxylation sites is 1. The number of carbonyl (C=O) groups excluding carboxylic acids is 3. The average Bonchev–Trinajstić information content (AvgIpc) is 3.41. The molecule has 3 aromatic carbocycles. The normalized spacial score (nSPS) is 11.2. The predicted molar refractivity (Wildman–Crippen MR) is 179 cm³/mol. The summed E-state index contributed by atoms with van der Waals surface area (Å²) >= 11 is 1.31. The van der Waals surface area contributed by atoms with Crippen LogP contribution in [-0.4, -0.2) is 39.2 Å². The number of thiophene rings is 1. The molecule has 9 nitrogen and oxygen atoms in total. The topological polar surface area (TPSA) is 122 Å². The van der Waals surface area contributed by atoms with Crippen molar-refractivity contribution in [3.05, 3.63) is 106 Å². The molecule has 2 amide bonds. The number of nitrogens with zero attached hydrogens (tertiary/aromatic N) is 1. The van der Waals surface area contributed by atoms with Gasteiger partial charge >= 0.3 is 21.2 Å². The summed E-state index contributed by atoms with van der Waals surface area (Å²) in [5, 5.41) is 1.62. The summed E-state index contributed by atoms with van der Waals surface area (Å²) in [4.78, 5) is 40.8. The van der Waals surface area contributed by atoms with E-state index >= 15 is 0 Å². The van der Waals surface area contributed by atoms with Crippen molar-refractivity contribution in [2.24, 2.45) is 5.92 Å². The Balaban J connectivity index is 1.69. The Morgan fingerprint density at radius 2 is 1.60 bits per heavy atom. The Labute approximate surface area is 268 Å². The number of esters is 1. The van der Waals surface area contributed by atoms with Crippen LogP contribution in [0.15, 0.2) is 84.9 Å². The third kappa shape index (κ3) is 8.58. The number of hydrogen-bond acceptors (Lipinski definition) is 7. The molecule has 0 bridgehead atoms. The van der Waals surface area contributed by atoms with Crippen LogP contribution < -0.4 is 14.9 Å². The number of methoxy groups -OCH3 is 1. The van der Waals surface area contributed by atoms with Crippen LogP contribution in [0.1, 0.15) is 47.1 Å². The summed E-state index contributed by atoms with van der Waals surface area (Å²) in [5.74, 6) is -0.290. The molecular formula is C34H37N3O6S2. The standard InChI is InChI=1S/C34H37N3O6S2/c1-5-35-34(40)45(41,42)36-32-29(21-28(44-32)19-23(2)3)25-17-15-24(16-18-25)22-37(33(39)26-11-7-6-8-12-26)30-14-10-9-13-27(30)20-31(38)43-4/h6-18,21,23,36H,5,19-20,22H2,1-4H3,(H,35,40). The molecule has 0 radical (unpaired) electrons. The lowest BCUT2D eigenvalue weighted by Gasteiger charge is -2.26. The molecule has 0 aliphatic rings. The molecule has 1 aromatic heterocycles. The SMILES string of the molecule is CCNC(=O)S(=O)(=O)Nc1sc(CC(C)C)cc1-c1ccc(CN(C(=O)c2ccccc2)c2ccccc2CC(=O)OC)cc1. The number of rotatable bonds is 12. The Kier molecular flexibility index (Phi) is 11.1. The number of ether oxygens (including phenoxy) is 1. The van der Waals surface area contributed by atoms with Crippen LogP contribution in [0.2, 0.25) is 0 Å². The number of benzene rings is 3. The van der Waals surface area contributed by atoms with Crippen molar-refractivity contribution < 1.29 is 27.5 Å². The lowest BCUT2D eigenvalue weighted by molar-refractivity contribution is -0.139. The van der Waals surface area contributed by atoms with E-state index in [1.165, 1.54) is 18.4 Å². The Hall–Kier alpha value is -4.48. The summed E-state index contributed by atoms with van der Waals surface area (Å²) in [5.41, 5.74) is 3.99. The Morgan fingerprint density at radius 3 is 2.24 bits per heavy atom. The van der Waals surface area contributed by atoms with E-state index in [4.69, 9.17) is 4.74 Å². The van der Waals surface area contributed by atoms with E-state index in [9.17, 15) is 22.8 Å². The minimum absolute atomic E-state index is 0.00993. The van der Waals surface area contributed by atoms with Crippen molar-refractivity contribution >= 4 is 49.2 Å². The quantitative estimate of drug-likeness (QED) is 0.166. The third-order valence-corrected chi connectivity index (χ3v) is 9.21. The van der Waals surface area contributed by atoms with E-state index in [-0.39, 0.29) is 25.4 Å². The molecule has 45 heavy (non-hydrogen) atoms. The molecule has 4 rings (SSSR count). The van der Waals surface area contributed by atoms with Gasteiger partial charge in [-0.25, -0.2) is 0 Å². The van der Waals surface area contributed by atoms with E-state index in [2.05, 4.69) is 23.9 Å².